The summed E-state index contributed by atoms with van der Waals surface area (Å²) in [5, 5.41) is 10.8. The number of aliphatic hydroxyl groups is 1. The van der Waals surface area contributed by atoms with Gasteiger partial charge in [0.2, 0.25) is 0 Å². The lowest BCUT2D eigenvalue weighted by Crippen LogP contribution is -2.42. The van der Waals surface area contributed by atoms with Crippen LogP contribution in [0, 0.1) is 0 Å². The van der Waals surface area contributed by atoms with Crippen molar-refractivity contribution in [2.24, 2.45) is 0 Å². The third-order valence-corrected chi connectivity index (χ3v) is 6.91. The van der Waals surface area contributed by atoms with Gasteiger partial charge >= 0.3 is 0 Å². The number of aliphatic hydroxyl groups excluding tert-OH is 1. The van der Waals surface area contributed by atoms with Gasteiger partial charge in [-0.05, 0) is 67.3 Å². The molecule has 2 atom stereocenters. The number of ether oxygens (including phenoxy) is 1. The smallest absolute Gasteiger partial charge is 0.0619 e. The van der Waals surface area contributed by atoms with Crippen LogP contribution < -0.4 is 0 Å². The van der Waals surface area contributed by atoms with Crippen LogP contribution in [-0.4, -0.2) is 64.9 Å². The van der Waals surface area contributed by atoms with Crippen molar-refractivity contribution in [3.63, 3.8) is 0 Å². The van der Waals surface area contributed by atoms with Crippen LogP contribution in [-0.2, 0) is 17.8 Å². The summed E-state index contributed by atoms with van der Waals surface area (Å²) in [7, 11) is 0. The zero-order chi connectivity index (χ0) is 21.2. The van der Waals surface area contributed by atoms with Gasteiger partial charge < -0.3 is 14.8 Å². The van der Waals surface area contributed by atoms with Crippen LogP contribution in [0.25, 0.3) is 22.0 Å². The highest BCUT2D eigenvalue weighted by atomic mass is 16.5. The van der Waals surface area contributed by atoms with Gasteiger partial charge in [0.05, 0.1) is 19.8 Å². The number of nitrogens with one attached hydrogen (secondary N) is 1. The summed E-state index contributed by atoms with van der Waals surface area (Å²) in [6.07, 6.45) is 2.27. The minimum absolute atomic E-state index is 0.254. The van der Waals surface area contributed by atoms with Gasteiger partial charge in [-0.1, -0.05) is 24.3 Å². The Morgan fingerprint density at radius 3 is 2.81 bits per heavy atom. The minimum atomic E-state index is 0.254. The normalized spacial score (nSPS) is 23.0. The third-order valence-electron chi connectivity index (χ3n) is 6.91. The highest BCUT2D eigenvalue weighted by molar-refractivity contribution is 5.86. The molecule has 0 unspecified atom stereocenters. The topological polar surface area (TPSA) is 51.7 Å². The Balaban J connectivity index is 1.34. The van der Waals surface area contributed by atoms with Gasteiger partial charge in [-0.3, -0.25) is 9.80 Å². The number of fused-ring (bicyclic) bond motifs is 1. The van der Waals surface area contributed by atoms with E-state index in [9.17, 15) is 5.11 Å². The van der Waals surface area contributed by atoms with E-state index in [4.69, 9.17) is 4.74 Å². The van der Waals surface area contributed by atoms with Crippen molar-refractivity contribution in [3.05, 3.63) is 59.8 Å². The van der Waals surface area contributed by atoms with Gasteiger partial charge in [-0.25, -0.2) is 0 Å². The van der Waals surface area contributed by atoms with Crippen molar-refractivity contribution in [1.29, 1.82) is 0 Å². The standard InChI is InChI=1S/C26H33N3O2/c1-19-18-31-11-10-28(19)15-20-4-2-5-21(12-20)22-7-8-26-23(13-22)14-24(27-26)16-29-9-3-6-25(29)17-30/h2,4-5,7-8,12-14,19,25,27,30H,3,6,9-11,15-18H2,1H3/t19-,25-/m1/s1. The lowest BCUT2D eigenvalue weighted by atomic mass is 10.0. The molecule has 5 heteroatoms. The van der Waals surface area contributed by atoms with Crippen molar-refractivity contribution < 1.29 is 9.84 Å². The number of likely N-dealkylation sites (tertiary alicyclic amines) is 1. The van der Waals surface area contributed by atoms with Gasteiger partial charge in [0.1, 0.15) is 0 Å². The zero-order valence-corrected chi connectivity index (χ0v) is 18.4. The van der Waals surface area contributed by atoms with Crippen molar-refractivity contribution in [2.45, 2.75) is 44.9 Å². The van der Waals surface area contributed by atoms with Crippen LogP contribution in [0.15, 0.2) is 48.5 Å². The number of aromatic nitrogens is 1. The molecule has 2 aliphatic rings. The number of H-pyrrole nitrogens is 1. The molecule has 2 aromatic carbocycles. The molecule has 2 fully saturated rings. The predicted molar refractivity (Wildman–Crippen MR) is 125 cm³/mol. The summed E-state index contributed by atoms with van der Waals surface area (Å²) in [6.45, 7) is 8.06. The molecular weight excluding hydrogens is 386 g/mol. The van der Waals surface area contributed by atoms with Gasteiger partial charge in [-0.2, -0.15) is 0 Å². The molecule has 0 radical (unpaired) electrons. The minimum Gasteiger partial charge on any atom is -0.395 e. The number of hydrogen-bond donors (Lipinski definition) is 2. The molecule has 2 aliphatic heterocycles. The van der Waals surface area contributed by atoms with Crippen LogP contribution in [0.2, 0.25) is 0 Å². The third kappa shape index (κ3) is 4.55. The number of benzene rings is 2. The zero-order valence-electron chi connectivity index (χ0n) is 18.4. The average molecular weight is 420 g/mol. The Morgan fingerprint density at radius 1 is 1.03 bits per heavy atom. The molecule has 2 saturated heterocycles. The molecule has 5 nitrogen and oxygen atoms in total. The first kappa shape index (κ1) is 20.7. The van der Waals surface area contributed by atoms with Gasteiger partial charge in [0.25, 0.3) is 0 Å². The first-order valence-corrected chi connectivity index (χ1v) is 11.6. The molecule has 0 bridgehead atoms. The Labute approximate surface area is 184 Å². The number of nitrogens with zero attached hydrogens (tertiary/aromatic N) is 2. The number of rotatable bonds is 6. The molecule has 164 valence electrons. The highest BCUT2D eigenvalue weighted by Crippen LogP contribution is 2.28. The van der Waals surface area contributed by atoms with E-state index in [1.54, 1.807) is 0 Å². The van der Waals surface area contributed by atoms with Crippen molar-refractivity contribution >= 4 is 10.9 Å². The number of hydrogen-bond acceptors (Lipinski definition) is 4. The lowest BCUT2D eigenvalue weighted by Gasteiger charge is -2.33. The maximum absolute atomic E-state index is 9.60. The Hall–Kier alpha value is -2.18. The van der Waals surface area contributed by atoms with Gasteiger partial charge in [0, 0.05) is 48.3 Å². The van der Waals surface area contributed by atoms with Crippen molar-refractivity contribution in [1.82, 2.24) is 14.8 Å². The van der Waals surface area contributed by atoms with E-state index in [1.807, 2.05) is 0 Å². The number of aromatic amines is 1. The van der Waals surface area contributed by atoms with Gasteiger partial charge in [0.15, 0.2) is 0 Å². The molecule has 31 heavy (non-hydrogen) atoms. The fraction of sp³-hybridized carbons (Fsp3) is 0.462. The second-order valence-corrected chi connectivity index (χ2v) is 9.14. The van der Waals surface area contributed by atoms with E-state index in [1.165, 1.54) is 39.7 Å². The SMILES string of the molecule is C[C@@H]1COCCN1Cc1cccc(-c2ccc3[nH]c(CN4CCC[C@@H]4CO)cc3c2)c1. The van der Waals surface area contributed by atoms with Crippen LogP contribution in [0.3, 0.4) is 0 Å². The lowest BCUT2D eigenvalue weighted by molar-refractivity contribution is -0.00436. The summed E-state index contributed by atoms with van der Waals surface area (Å²) >= 11 is 0. The van der Waals surface area contributed by atoms with E-state index in [0.29, 0.717) is 12.1 Å². The average Bonchev–Trinajstić information content (AvgIpc) is 3.41. The summed E-state index contributed by atoms with van der Waals surface area (Å²) in [5.41, 5.74) is 6.27. The summed E-state index contributed by atoms with van der Waals surface area (Å²) in [6, 6.07) is 18.7. The summed E-state index contributed by atoms with van der Waals surface area (Å²) in [4.78, 5) is 8.47. The fourth-order valence-electron chi connectivity index (χ4n) is 5.07. The van der Waals surface area contributed by atoms with E-state index >= 15 is 0 Å². The molecule has 1 aromatic heterocycles. The summed E-state index contributed by atoms with van der Waals surface area (Å²) < 4.78 is 5.58. The molecule has 0 aliphatic carbocycles. The van der Waals surface area contributed by atoms with E-state index in [0.717, 1.165) is 45.8 Å². The van der Waals surface area contributed by atoms with E-state index in [-0.39, 0.29) is 6.61 Å². The molecule has 0 saturated carbocycles. The summed E-state index contributed by atoms with van der Waals surface area (Å²) in [5.74, 6) is 0. The molecule has 3 heterocycles. The molecule has 5 rings (SSSR count). The number of morpholine rings is 1. The highest BCUT2D eigenvalue weighted by Gasteiger charge is 2.24. The van der Waals surface area contributed by atoms with Crippen LogP contribution in [0.1, 0.15) is 31.0 Å². The first-order chi connectivity index (χ1) is 15.2. The molecule has 2 N–H and O–H groups in total. The second-order valence-electron chi connectivity index (χ2n) is 9.14. The first-order valence-electron chi connectivity index (χ1n) is 11.6. The molecule has 3 aromatic rings. The second kappa shape index (κ2) is 9.13. The molecule has 0 spiro atoms. The van der Waals surface area contributed by atoms with Crippen molar-refractivity contribution in [2.75, 3.05) is 32.9 Å². The predicted octanol–water partition coefficient (Wildman–Crippen LogP) is 4.01. The maximum Gasteiger partial charge on any atom is 0.0619 e. The van der Waals surface area contributed by atoms with Gasteiger partial charge in [-0.15, -0.1) is 0 Å². The molecular formula is C26H33N3O2. The van der Waals surface area contributed by atoms with E-state index < -0.39 is 0 Å². The van der Waals surface area contributed by atoms with Crippen LogP contribution in [0.4, 0.5) is 0 Å². The quantitative estimate of drug-likeness (QED) is 0.634. The van der Waals surface area contributed by atoms with Crippen molar-refractivity contribution in [3.8, 4) is 11.1 Å². The largest absolute Gasteiger partial charge is 0.395 e. The van der Waals surface area contributed by atoms with E-state index in [2.05, 4.69) is 70.2 Å². The maximum atomic E-state index is 9.60. The Morgan fingerprint density at radius 2 is 1.94 bits per heavy atom. The van der Waals surface area contributed by atoms with Crippen LogP contribution in [0.5, 0.6) is 0 Å². The fourth-order valence-corrected chi connectivity index (χ4v) is 5.07. The molecule has 0 amide bonds. The monoisotopic (exact) mass is 419 g/mol. The Bertz CT molecular complexity index is 1030. The van der Waals surface area contributed by atoms with Crippen LogP contribution >= 0.6 is 0 Å². The Kier molecular flexibility index (Phi) is 6.10.